The first kappa shape index (κ1) is 22.8. The van der Waals surface area contributed by atoms with Gasteiger partial charge in [0.15, 0.2) is 23.2 Å². The molecule has 4 aromatic rings. The van der Waals surface area contributed by atoms with Crippen molar-refractivity contribution in [2.24, 2.45) is 0 Å². The van der Waals surface area contributed by atoms with Gasteiger partial charge in [0.25, 0.3) is 0 Å². The number of fused-ring (bicyclic) bond motifs is 1. The summed E-state index contributed by atoms with van der Waals surface area (Å²) in [5.41, 5.74) is 1.47. The number of benzene rings is 1. The average molecular weight is 483 g/mol. The third-order valence-corrected chi connectivity index (χ3v) is 5.74. The molecule has 0 saturated carbocycles. The van der Waals surface area contributed by atoms with E-state index in [-0.39, 0.29) is 22.7 Å². The van der Waals surface area contributed by atoms with Gasteiger partial charge in [0.2, 0.25) is 0 Å². The van der Waals surface area contributed by atoms with Crippen LogP contribution in [0.15, 0.2) is 30.3 Å². The highest BCUT2D eigenvalue weighted by Gasteiger charge is 2.22. The van der Waals surface area contributed by atoms with Gasteiger partial charge in [-0.15, -0.1) is 0 Å². The fourth-order valence-electron chi connectivity index (χ4n) is 4.07. The highest BCUT2D eigenvalue weighted by molar-refractivity contribution is 5.83. The average Bonchev–Trinajstić information content (AvgIpc) is 3.44. The standard InChI is InChI=1S/C24H24F3N7O/c1-3-4-15-10-20(33-32-15)29-19-12-21(34-7-5-14(25)6-8-34)31-24(30-19)35-18-11-17(26)23-16(22(18)27)9-13(2)28-23/h3-4,9-12,14,28H,5-8H2,1-2H3,(H2,29,30,31,32,33)/b4-3+. The zero-order chi connectivity index (χ0) is 24.5. The predicted molar refractivity (Wildman–Crippen MR) is 128 cm³/mol. The molecule has 35 heavy (non-hydrogen) atoms. The molecule has 1 aromatic carbocycles. The Hall–Kier alpha value is -4.02. The minimum atomic E-state index is -0.857. The monoisotopic (exact) mass is 483 g/mol. The number of piperidine rings is 1. The highest BCUT2D eigenvalue weighted by atomic mass is 19.1. The van der Waals surface area contributed by atoms with Gasteiger partial charge in [0.1, 0.15) is 17.8 Å². The molecule has 3 aromatic heterocycles. The number of alkyl halides is 1. The number of ether oxygens (including phenoxy) is 1. The molecular formula is C24H24F3N7O. The lowest BCUT2D eigenvalue weighted by atomic mass is 10.1. The molecular weight excluding hydrogens is 459 g/mol. The van der Waals surface area contributed by atoms with Gasteiger partial charge in [0.05, 0.1) is 11.2 Å². The Morgan fingerprint density at radius 1 is 1.11 bits per heavy atom. The molecule has 0 atom stereocenters. The van der Waals surface area contributed by atoms with Crippen LogP contribution in [0.4, 0.5) is 30.6 Å². The first-order valence-electron chi connectivity index (χ1n) is 11.3. The third-order valence-electron chi connectivity index (χ3n) is 5.74. The van der Waals surface area contributed by atoms with Gasteiger partial charge >= 0.3 is 6.01 Å². The summed E-state index contributed by atoms with van der Waals surface area (Å²) in [6.45, 7) is 4.52. The Kier molecular flexibility index (Phi) is 6.06. The Morgan fingerprint density at radius 2 is 1.91 bits per heavy atom. The second-order valence-corrected chi connectivity index (χ2v) is 8.40. The largest absolute Gasteiger partial charge is 0.421 e. The van der Waals surface area contributed by atoms with E-state index in [1.807, 2.05) is 24.0 Å². The van der Waals surface area contributed by atoms with Crippen LogP contribution in [0.3, 0.4) is 0 Å². The molecule has 0 amide bonds. The van der Waals surface area contributed by atoms with Crippen LogP contribution in [-0.2, 0) is 0 Å². The topological polar surface area (TPSA) is 94.8 Å². The third kappa shape index (κ3) is 4.79. The van der Waals surface area contributed by atoms with Gasteiger partial charge in [0, 0.05) is 42.4 Å². The minimum Gasteiger partial charge on any atom is -0.421 e. The van der Waals surface area contributed by atoms with Crippen LogP contribution in [0, 0.1) is 18.6 Å². The second-order valence-electron chi connectivity index (χ2n) is 8.40. The van der Waals surface area contributed by atoms with E-state index in [1.165, 1.54) is 6.07 Å². The Bertz CT molecular complexity index is 1390. The van der Waals surface area contributed by atoms with E-state index in [1.54, 1.807) is 19.1 Å². The number of hydrogen-bond acceptors (Lipinski definition) is 6. The summed E-state index contributed by atoms with van der Waals surface area (Å²) < 4.78 is 49.0. The van der Waals surface area contributed by atoms with E-state index in [0.717, 1.165) is 11.8 Å². The van der Waals surface area contributed by atoms with Gasteiger partial charge in [-0.25, -0.2) is 13.2 Å². The lowest BCUT2D eigenvalue weighted by Crippen LogP contribution is -2.35. The van der Waals surface area contributed by atoms with Gasteiger partial charge in [-0.05, 0) is 38.8 Å². The number of aryl methyl sites for hydroxylation is 1. The molecule has 0 bridgehead atoms. The molecule has 1 aliphatic heterocycles. The molecule has 3 N–H and O–H groups in total. The number of anilines is 3. The van der Waals surface area contributed by atoms with Crippen LogP contribution in [0.25, 0.3) is 17.0 Å². The molecule has 4 heterocycles. The number of nitrogens with one attached hydrogen (secondary N) is 3. The maximum Gasteiger partial charge on any atom is 0.326 e. The Morgan fingerprint density at radius 3 is 2.69 bits per heavy atom. The minimum absolute atomic E-state index is 0.0638. The van der Waals surface area contributed by atoms with E-state index in [4.69, 9.17) is 4.74 Å². The number of rotatable bonds is 6. The molecule has 1 fully saturated rings. The van der Waals surface area contributed by atoms with Crippen molar-refractivity contribution in [1.29, 1.82) is 0 Å². The van der Waals surface area contributed by atoms with Gasteiger partial charge < -0.3 is 19.9 Å². The first-order valence-corrected chi connectivity index (χ1v) is 11.3. The molecule has 0 aliphatic carbocycles. The van der Waals surface area contributed by atoms with Gasteiger partial charge in [-0.2, -0.15) is 15.1 Å². The molecule has 5 rings (SSSR count). The zero-order valence-corrected chi connectivity index (χ0v) is 19.2. The fraction of sp³-hybridized carbons (Fsp3) is 0.292. The van der Waals surface area contributed by atoms with E-state index in [2.05, 4.69) is 30.5 Å². The van der Waals surface area contributed by atoms with E-state index < -0.39 is 17.8 Å². The summed E-state index contributed by atoms with van der Waals surface area (Å²) in [7, 11) is 0. The number of hydrogen-bond donors (Lipinski definition) is 3. The molecule has 1 saturated heterocycles. The van der Waals surface area contributed by atoms with Crippen LogP contribution in [0.2, 0.25) is 0 Å². The van der Waals surface area contributed by atoms with Crippen molar-refractivity contribution >= 4 is 34.4 Å². The lowest BCUT2D eigenvalue weighted by Gasteiger charge is -2.29. The maximum absolute atomic E-state index is 15.1. The zero-order valence-electron chi connectivity index (χ0n) is 19.2. The second kappa shape index (κ2) is 9.32. The summed E-state index contributed by atoms with van der Waals surface area (Å²) in [5, 5.41) is 10.2. The molecule has 0 spiro atoms. The van der Waals surface area contributed by atoms with Crippen LogP contribution >= 0.6 is 0 Å². The normalized spacial score (nSPS) is 14.8. The fourth-order valence-corrected chi connectivity index (χ4v) is 4.07. The smallest absolute Gasteiger partial charge is 0.326 e. The van der Waals surface area contributed by atoms with Crippen molar-refractivity contribution in [3.63, 3.8) is 0 Å². The summed E-state index contributed by atoms with van der Waals surface area (Å²) in [6, 6.07) is 5.76. The first-order chi connectivity index (χ1) is 16.9. The van der Waals surface area contributed by atoms with Crippen LogP contribution in [0.1, 0.15) is 31.2 Å². The van der Waals surface area contributed by atoms with Crippen LogP contribution in [-0.4, -0.2) is 44.4 Å². The van der Waals surface area contributed by atoms with Crippen molar-refractivity contribution in [3.05, 3.63) is 53.4 Å². The van der Waals surface area contributed by atoms with Crippen molar-refractivity contribution in [2.45, 2.75) is 32.9 Å². The van der Waals surface area contributed by atoms with Crippen molar-refractivity contribution in [3.8, 4) is 11.8 Å². The maximum atomic E-state index is 15.1. The molecule has 11 heteroatoms. The highest BCUT2D eigenvalue weighted by Crippen LogP contribution is 2.33. The van der Waals surface area contributed by atoms with Crippen LogP contribution < -0.4 is 15.0 Å². The number of halogens is 3. The SMILES string of the molecule is C/C=C/c1cc(Nc2cc(N3CCC(F)CC3)nc(Oc3cc(F)c4[nH]c(C)cc4c3F)n2)n[nH]1. The number of allylic oxidation sites excluding steroid dienone is 1. The summed E-state index contributed by atoms with van der Waals surface area (Å²) in [6.07, 6.45) is 3.62. The van der Waals surface area contributed by atoms with E-state index in [9.17, 15) is 8.78 Å². The van der Waals surface area contributed by atoms with Crippen molar-refractivity contribution in [2.75, 3.05) is 23.3 Å². The molecule has 182 valence electrons. The summed E-state index contributed by atoms with van der Waals surface area (Å²) in [4.78, 5) is 13.4. The molecule has 1 aliphatic rings. The number of H-pyrrole nitrogens is 2. The quantitative estimate of drug-likeness (QED) is 0.322. The molecule has 8 nitrogen and oxygen atoms in total. The number of aromatic nitrogens is 5. The van der Waals surface area contributed by atoms with Crippen molar-refractivity contribution < 1.29 is 17.9 Å². The summed E-state index contributed by atoms with van der Waals surface area (Å²) in [5.74, 6) is -0.404. The Labute approximate surface area is 199 Å². The lowest BCUT2D eigenvalue weighted by molar-refractivity contribution is 0.276. The number of nitrogens with zero attached hydrogens (tertiary/aromatic N) is 4. The molecule has 0 radical (unpaired) electrons. The molecule has 0 unspecified atom stereocenters. The van der Waals surface area contributed by atoms with Gasteiger partial charge in [-0.1, -0.05) is 6.08 Å². The van der Waals surface area contributed by atoms with Gasteiger partial charge in [-0.3, -0.25) is 5.10 Å². The van der Waals surface area contributed by atoms with E-state index >= 15 is 4.39 Å². The predicted octanol–water partition coefficient (Wildman–Crippen LogP) is 5.77. The van der Waals surface area contributed by atoms with E-state index in [0.29, 0.717) is 49.1 Å². The van der Waals surface area contributed by atoms with Crippen molar-refractivity contribution in [1.82, 2.24) is 25.1 Å². The number of aromatic amines is 2. The summed E-state index contributed by atoms with van der Waals surface area (Å²) >= 11 is 0. The Balaban J connectivity index is 1.50. The van der Waals surface area contributed by atoms with Crippen LogP contribution in [0.5, 0.6) is 11.8 Å².